The van der Waals surface area contributed by atoms with E-state index in [0.717, 1.165) is 16.9 Å². The van der Waals surface area contributed by atoms with Gasteiger partial charge in [0.15, 0.2) is 0 Å². The SMILES string of the molecule is COc1ccc(Cn2cc(-c3nc(OC)c4ccnn4c3-c3ccc(F)cc3OC)cn2)cc1. The van der Waals surface area contributed by atoms with Crippen LogP contribution in [0.3, 0.4) is 0 Å². The van der Waals surface area contributed by atoms with Gasteiger partial charge in [0.05, 0.1) is 40.3 Å². The number of benzene rings is 2. The minimum Gasteiger partial charge on any atom is -0.497 e. The summed E-state index contributed by atoms with van der Waals surface area (Å²) in [5.74, 6) is 1.19. The molecule has 0 bridgehead atoms. The smallest absolute Gasteiger partial charge is 0.240 e. The first kappa shape index (κ1) is 21.4. The third-order valence-corrected chi connectivity index (χ3v) is 5.53. The first-order valence-corrected chi connectivity index (χ1v) is 10.5. The Morgan fingerprint density at radius 1 is 0.912 bits per heavy atom. The van der Waals surface area contributed by atoms with Crippen molar-refractivity contribution in [2.45, 2.75) is 6.54 Å². The molecule has 0 radical (unpaired) electrons. The summed E-state index contributed by atoms with van der Waals surface area (Å²) in [4.78, 5) is 4.78. The lowest BCUT2D eigenvalue weighted by atomic mass is 10.0. The van der Waals surface area contributed by atoms with Crippen molar-refractivity contribution >= 4 is 5.52 Å². The van der Waals surface area contributed by atoms with Crippen LogP contribution in [0.1, 0.15) is 5.56 Å². The van der Waals surface area contributed by atoms with E-state index in [1.807, 2.05) is 41.2 Å². The van der Waals surface area contributed by atoms with Crippen molar-refractivity contribution in [3.63, 3.8) is 0 Å². The topological polar surface area (TPSA) is 75.7 Å². The van der Waals surface area contributed by atoms with Crippen molar-refractivity contribution in [3.05, 3.63) is 78.5 Å². The van der Waals surface area contributed by atoms with Crippen LogP contribution in [0.5, 0.6) is 17.4 Å². The molecule has 0 aliphatic heterocycles. The van der Waals surface area contributed by atoms with Crippen molar-refractivity contribution in [2.75, 3.05) is 21.3 Å². The van der Waals surface area contributed by atoms with Crippen LogP contribution in [-0.4, -0.2) is 45.7 Å². The Balaban J connectivity index is 1.64. The zero-order valence-electron chi connectivity index (χ0n) is 18.9. The number of hydrogen-bond acceptors (Lipinski definition) is 6. The zero-order valence-corrected chi connectivity index (χ0v) is 18.9. The predicted octanol–water partition coefficient (Wildman–Crippen LogP) is 4.47. The summed E-state index contributed by atoms with van der Waals surface area (Å²) in [6.45, 7) is 0.570. The van der Waals surface area contributed by atoms with Crippen LogP contribution in [-0.2, 0) is 6.54 Å². The van der Waals surface area contributed by atoms with Gasteiger partial charge in [-0.15, -0.1) is 0 Å². The van der Waals surface area contributed by atoms with Crippen LogP contribution in [0.15, 0.2) is 67.1 Å². The first-order valence-electron chi connectivity index (χ1n) is 10.5. The Kier molecular flexibility index (Phi) is 5.59. The van der Waals surface area contributed by atoms with E-state index in [9.17, 15) is 4.39 Å². The van der Waals surface area contributed by atoms with Gasteiger partial charge in [-0.1, -0.05) is 12.1 Å². The molecule has 0 aliphatic rings. The molecule has 172 valence electrons. The highest BCUT2D eigenvalue weighted by Crippen LogP contribution is 2.39. The van der Waals surface area contributed by atoms with Gasteiger partial charge in [0.2, 0.25) is 5.88 Å². The molecule has 0 unspecified atom stereocenters. The third-order valence-electron chi connectivity index (χ3n) is 5.53. The average molecular weight is 459 g/mol. The van der Waals surface area contributed by atoms with Gasteiger partial charge in [0, 0.05) is 23.4 Å². The van der Waals surface area contributed by atoms with E-state index >= 15 is 0 Å². The average Bonchev–Trinajstić information content (AvgIpc) is 3.54. The molecule has 5 rings (SSSR count). The van der Waals surface area contributed by atoms with Crippen LogP contribution < -0.4 is 14.2 Å². The molecule has 0 amide bonds. The van der Waals surface area contributed by atoms with Gasteiger partial charge in [-0.05, 0) is 35.9 Å². The van der Waals surface area contributed by atoms with E-state index in [-0.39, 0.29) is 0 Å². The molecule has 0 saturated carbocycles. The van der Waals surface area contributed by atoms with Crippen LogP contribution in [0.25, 0.3) is 28.0 Å². The Morgan fingerprint density at radius 2 is 1.74 bits per heavy atom. The summed E-state index contributed by atoms with van der Waals surface area (Å²) in [6, 6.07) is 14.0. The summed E-state index contributed by atoms with van der Waals surface area (Å²) in [6.07, 6.45) is 5.30. The molecule has 3 aromatic heterocycles. The number of ether oxygens (including phenoxy) is 3. The minimum atomic E-state index is -0.396. The third kappa shape index (κ3) is 3.81. The first-order chi connectivity index (χ1) is 16.6. The van der Waals surface area contributed by atoms with Gasteiger partial charge in [-0.25, -0.2) is 13.9 Å². The van der Waals surface area contributed by atoms with Crippen molar-refractivity contribution in [2.24, 2.45) is 0 Å². The van der Waals surface area contributed by atoms with Gasteiger partial charge >= 0.3 is 0 Å². The van der Waals surface area contributed by atoms with Gasteiger partial charge in [0.25, 0.3) is 0 Å². The van der Waals surface area contributed by atoms with Crippen LogP contribution in [0, 0.1) is 5.82 Å². The van der Waals surface area contributed by atoms with Crippen molar-refractivity contribution in [3.8, 4) is 39.9 Å². The van der Waals surface area contributed by atoms with E-state index in [4.69, 9.17) is 19.2 Å². The van der Waals surface area contributed by atoms with E-state index in [1.165, 1.54) is 19.2 Å². The second-order valence-electron chi connectivity index (χ2n) is 7.57. The summed E-state index contributed by atoms with van der Waals surface area (Å²) in [5, 5.41) is 9.02. The van der Waals surface area contributed by atoms with Gasteiger partial charge in [-0.2, -0.15) is 10.2 Å². The molecule has 0 saturated heterocycles. The van der Waals surface area contributed by atoms with Crippen LogP contribution in [0.4, 0.5) is 4.39 Å². The molecule has 0 spiro atoms. The van der Waals surface area contributed by atoms with E-state index in [2.05, 4.69) is 10.2 Å². The quantitative estimate of drug-likeness (QED) is 0.357. The van der Waals surface area contributed by atoms with Crippen molar-refractivity contribution in [1.82, 2.24) is 24.4 Å². The molecule has 8 nitrogen and oxygen atoms in total. The highest BCUT2D eigenvalue weighted by atomic mass is 19.1. The van der Waals surface area contributed by atoms with Crippen LogP contribution in [0.2, 0.25) is 0 Å². The second kappa shape index (κ2) is 8.86. The maximum absolute atomic E-state index is 13.9. The fourth-order valence-corrected chi connectivity index (χ4v) is 3.90. The largest absolute Gasteiger partial charge is 0.497 e. The fraction of sp³-hybridized carbons (Fsp3) is 0.160. The predicted molar refractivity (Wildman–Crippen MR) is 125 cm³/mol. The lowest BCUT2D eigenvalue weighted by molar-refractivity contribution is 0.401. The number of methoxy groups -OCH3 is 3. The summed E-state index contributed by atoms with van der Waals surface area (Å²) < 4.78 is 33.7. The zero-order chi connectivity index (χ0) is 23.7. The van der Waals surface area contributed by atoms with Gasteiger partial charge in [0.1, 0.15) is 34.2 Å². The highest BCUT2D eigenvalue weighted by molar-refractivity contribution is 5.84. The summed E-state index contributed by atoms with van der Waals surface area (Å²) in [7, 11) is 4.70. The molecule has 9 heteroatoms. The molecule has 34 heavy (non-hydrogen) atoms. The Labute approximate surface area is 195 Å². The lowest BCUT2D eigenvalue weighted by Gasteiger charge is -2.15. The number of hydrogen-bond donors (Lipinski definition) is 0. The Morgan fingerprint density at radius 3 is 2.47 bits per heavy atom. The molecule has 0 N–H and O–H groups in total. The number of halogens is 1. The molecule has 0 atom stereocenters. The van der Waals surface area contributed by atoms with Crippen molar-refractivity contribution in [1.29, 1.82) is 0 Å². The maximum Gasteiger partial charge on any atom is 0.240 e. The molecule has 2 aromatic carbocycles. The standard InChI is InChI=1S/C25H22FN5O3/c1-32-19-7-4-16(5-8-19)14-30-15-17(13-28-30)23-24(20-9-6-18(26)12-22(20)33-2)31-21(10-11-27-31)25(29-23)34-3/h4-13,15H,14H2,1-3H3. The van der Waals surface area contributed by atoms with Gasteiger partial charge in [-0.3, -0.25) is 4.68 Å². The maximum atomic E-state index is 13.9. The molecule has 0 fully saturated rings. The van der Waals surface area contributed by atoms with Crippen LogP contribution >= 0.6 is 0 Å². The van der Waals surface area contributed by atoms with E-state index in [1.54, 1.807) is 37.2 Å². The molecule has 3 heterocycles. The molecular formula is C25H22FN5O3. The normalized spacial score (nSPS) is 11.1. The van der Waals surface area contributed by atoms with Crippen molar-refractivity contribution < 1.29 is 18.6 Å². The fourth-order valence-electron chi connectivity index (χ4n) is 3.90. The van der Waals surface area contributed by atoms with Gasteiger partial charge < -0.3 is 14.2 Å². The second-order valence-corrected chi connectivity index (χ2v) is 7.57. The number of nitrogens with zero attached hydrogens (tertiary/aromatic N) is 5. The number of rotatable bonds is 7. The summed E-state index contributed by atoms with van der Waals surface area (Å²) >= 11 is 0. The van der Waals surface area contributed by atoms with E-state index in [0.29, 0.717) is 40.6 Å². The number of aromatic nitrogens is 5. The minimum absolute atomic E-state index is 0.371. The summed E-state index contributed by atoms with van der Waals surface area (Å²) in [5.41, 5.74) is 4.37. The molecule has 5 aromatic rings. The Bertz CT molecular complexity index is 1460. The monoisotopic (exact) mass is 459 g/mol. The number of fused-ring (bicyclic) bond motifs is 1. The highest BCUT2D eigenvalue weighted by Gasteiger charge is 2.22. The lowest BCUT2D eigenvalue weighted by Crippen LogP contribution is -2.04. The molecule has 0 aliphatic carbocycles. The molecular weight excluding hydrogens is 437 g/mol. The Hall–Kier alpha value is -4.40. The van der Waals surface area contributed by atoms with E-state index < -0.39 is 5.82 Å².